The number of nitrogens with one attached hydrogen (secondary N) is 1. The zero-order chi connectivity index (χ0) is 16.6. The first-order chi connectivity index (χ1) is 10.7. The Morgan fingerprint density at radius 2 is 1.87 bits per heavy atom. The summed E-state index contributed by atoms with van der Waals surface area (Å²) < 4.78 is 26.7. The largest absolute Gasteiger partial charge is 0.280 e. The Hall–Kier alpha value is -1.40. The van der Waals surface area contributed by atoms with Crippen LogP contribution in [0.1, 0.15) is 38.7 Å². The molecule has 124 valence electrons. The minimum Gasteiger partial charge on any atom is -0.272 e. The number of hydrazine groups is 1. The van der Waals surface area contributed by atoms with Crippen LogP contribution in [0.15, 0.2) is 29.2 Å². The molecule has 3 aliphatic rings. The zero-order valence-corrected chi connectivity index (χ0v) is 14.5. The fourth-order valence-electron chi connectivity index (χ4n) is 5.04. The number of hydrogen-bond donors (Lipinski definition) is 1. The van der Waals surface area contributed by atoms with E-state index in [4.69, 9.17) is 0 Å². The van der Waals surface area contributed by atoms with Crippen molar-refractivity contribution in [2.24, 2.45) is 16.7 Å². The predicted octanol–water partition coefficient (Wildman–Crippen LogP) is 2.23. The molecule has 1 aromatic rings. The molecule has 3 atom stereocenters. The molecule has 1 saturated heterocycles. The molecule has 2 bridgehead atoms. The molecule has 1 aliphatic heterocycles. The zero-order valence-electron chi connectivity index (χ0n) is 13.7. The SMILES string of the molecule is Cc1ccc(S(=O)(=O)N2NC3CC4CCC3(C2=O)C4(C)C)cc1. The van der Waals surface area contributed by atoms with Gasteiger partial charge in [-0.3, -0.25) is 4.79 Å². The van der Waals surface area contributed by atoms with E-state index in [-0.39, 0.29) is 22.3 Å². The van der Waals surface area contributed by atoms with E-state index in [0.717, 1.165) is 29.2 Å². The lowest BCUT2D eigenvalue weighted by atomic mass is 9.68. The Balaban J connectivity index is 1.76. The molecule has 0 aromatic heterocycles. The van der Waals surface area contributed by atoms with E-state index < -0.39 is 15.4 Å². The van der Waals surface area contributed by atoms with Gasteiger partial charge < -0.3 is 0 Å². The van der Waals surface area contributed by atoms with E-state index in [0.29, 0.717) is 5.92 Å². The smallest absolute Gasteiger partial charge is 0.272 e. The average molecular weight is 334 g/mol. The summed E-state index contributed by atoms with van der Waals surface area (Å²) >= 11 is 0. The first kappa shape index (κ1) is 15.1. The van der Waals surface area contributed by atoms with Crippen LogP contribution in [-0.4, -0.2) is 24.8 Å². The molecule has 23 heavy (non-hydrogen) atoms. The fraction of sp³-hybridized carbons (Fsp3) is 0.588. The number of carbonyl (C=O) groups is 1. The van der Waals surface area contributed by atoms with Gasteiger partial charge in [0.25, 0.3) is 15.9 Å². The summed E-state index contributed by atoms with van der Waals surface area (Å²) in [7, 11) is -3.85. The van der Waals surface area contributed by atoms with Crippen LogP contribution in [0, 0.1) is 23.7 Å². The average Bonchev–Trinajstić information content (AvgIpc) is 3.03. The highest BCUT2D eigenvalue weighted by molar-refractivity contribution is 7.89. The van der Waals surface area contributed by atoms with Crippen molar-refractivity contribution in [3.8, 4) is 0 Å². The summed E-state index contributed by atoms with van der Waals surface area (Å²) in [6, 6.07) is 6.57. The summed E-state index contributed by atoms with van der Waals surface area (Å²) in [4.78, 5) is 13.3. The van der Waals surface area contributed by atoms with Gasteiger partial charge in [-0.15, -0.1) is 0 Å². The van der Waals surface area contributed by atoms with Gasteiger partial charge in [0.2, 0.25) is 0 Å². The molecule has 1 aromatic carbocycles. The van der Waals surface area contributed by atoms with Gasteiger partial charge in [0, 0.05) is 6.04 Å². The van der Waals surface area contributed by atoms with Gasteiger partial charge >= 0.3 is 0 Å². The molecule has 4 rings (SSSR count). The molecule has 2 saturated carbocycles. The topological polar surface area (TPSA) is 66.5 Å². The summed E-state index contributed by atoms with van der Waals surface area (Å²) in [5.74, 6) is 0.223. The lowest BCUT2D eigenvalue weighted by molar-refractivity contribution is -0.136. The van der Waals surface area contributed by atoms with Crippen LogP contribution in [0.5, 0.6) is 0 Å². The molecular weight excluding hydrogens is 312 g/mol. The highest BCUT2D eigenvalue weighted by atomic mass is 32.2. The molecule has 0 radical (unpaired) electrons. The van der Waals surface area contributed by atoms with Gasteiger partial charge in [0.15, 0.2) is 0 Å². The minimum atomic E-state index is -3.85. The standard InChI is InChI=1S/C17H22N2O3S/c1-11-4-6-13(7-5-11)23(21,22)19-15(20)17-9-8-12(16(17,2)3)10-14(17)18-19/h4-7,12,14,18H,8-10H2,1-3H3. The lowest BCUT2D eigenvalue weighted by Crippen LogP contribution is -2.45. The first-order valence-electron chi connectivity index (χ1n) is 8.14. The maximum absolute atomic E-state index is 13.2. The number of rotatable bonds is 2. The number of amides is 1. The maximum atomic E-state index is 13.2. The molecule has 1 spiro atoms. The molecule has 2 aliphatic carbocycles. The Bertz CT molecular complexity index is 785. The van der Waals surface area contributed by atoms with Crippen molar-refractivity contribution >= 4 is 15.9 Å². The van der Waals surface area contributed by atoms with E-state index in [9.17, 15) is 13.2 Å². The predicted molar refractivity (Wildman–Crippen MR) is 85.7 cm³/mol. The Morgan fingerprint density at radius 1 is 1.22 bits per heavy atom. The molecular formula is C17H22N2O3S. The summed E-state index contributed by atoms with van der Waals surface area (Å²) in [5, 5.41) is 0. The Morgan fingerprint density at radius 3 is 2.43 bits per heavy atom. The third kappa shape index (κ3) is 1.66. The van der Waals surface area contributed by atoms with E-state index in [1.807, 2.05) is 6.92 Å². The van der Waals surface area contributed by atoms with Crippen molar-refractivity contribution in [3.05, 3.63) is 29.8 Å². The summed E-state index contributed by atoms with van der Waals surface area (Å²) in [6.45, 7) is 6.14. The third-order valence-electron chi connectivity index (χ3n) is 6.57. The van der Waals surface area contributed by atoms with Gasteiger partial charge in [-0.2, -0.15) is 12.8 Å². The van der Waals surface area contributed by atoms with E-state index in [1.54, 1.807) is 24.3 Å². The number of hydrogen-bond acceptors (Lipinski definition) is 4. The van der Waals surface area contributed by atoms with Gasteiger partial charge in [0.05, 0.1) is 10.3 Å². The van der Waals surface area contributed by atoms with Gasteiger partial charge in [-0.05, 0) is 49.7 Å². The highest BCUT2D eigenvalue weighted by Crippen LogP contribution is 2.68. The highest BCUT2D eigenvalue weighted by Gasteiger charge is 2.73. The fourth-order valence-corrected chi connectivity index (χ4v) is 6.38. The number of benzene rings is 1. The van der Waals surface area contributed by atoms with Crippen molar-refractivity contribution in [2.75, 3.05) is 0 Å². The molecule has 6 heteroatoms. The molecule has 1 amide bonds. The molecule has 3 unspecified atom stereocenters. The van der Waals surface area contributed by atoms with Crippen molar-refractivity contribution in [1.82, 2.24) is 9.84 Å². The van der Waals surface area contributed by atoms with Crippen LogP contribution >= 0.6 is 0 Å². The number of aryl methyl sites for hydroxylation is 1. The molecule has 5 nitrogen and oxygen atoms in total. The normalized spacial score (nSPS) is 34.9. The maximum Gasteiger partial charge on any atom is 0.280 e. The Kier molecular flexibility index (Phi) is 2.87. The third-order valence-corrected chi connectivity index (χ3v) is 8.19. The first-order valence-corrected chi connectivity index (χ1v) is 9.58. The second-order valence-electron chi connectivity index (χ2n) is 7.73. The van der Waals surface area contributed by atoms with Crippen LogP contribution in [0.4, 0.5) is 0 Å². The van der Waals surface area contributed by atoms with E-state index in [1.165, 1.54) is 0 Å². The van der Waals surface area contributed by atoms with Crippen LogP contribution < -0.4 is 5.43 Å². The molecule has 1 N–H and O–H groups in total. The van der Waals surface area contributed by atoms with Crippen LogP contribution in [0.25, 0.3) is 0 Å². The Labute approximate surface area is 137 Å². The second-order valence-corrected chi connectivity index (χ2v) is 9.52. The number of sulfonamides is 1. The number of nitrogens with zero attached hydrogens (tertiary/aromatic N) is 1. The van der Waals surface area contributed by atoms with Gasteiger partial charge in [-0.25, -0.2) is 5.43 Å². The van der Waals surface area contributed by atoms with Gasteiger partial charge in [0.1, 0.15) is 0 Å². The summed E-state index contributed by atoms with van der Waals surface area (Å²) in [6.07, 6.45) is 2.66. The van der Waals surface area contributed by atoms with Crippen molar-refractivity contribution < 1.29 is 13.2 Å². The van der Waals surface area contributed by atoms with Crippen LogP contribution in [0.2, 0.25) is 0 Å². The second kappa shape index (κ2) is 4.36. The van der Waals surface area contributed by atoms with Crippen molar-refractivity contribution in [2.45, 2.75) is 51.0 Å². The number of carbonyl (C=O) groups excluding carboxylic acids is 1. The minimum absolute atomic E-state index is 0.0658. The summed E-state index contributed by atoms with van der Waals surface area (Å²) in [5.41, 5.74) is 3.29. The molecule has 1 heterocycles. The van der Waals surface area contributed by atoms with Crippen LogP contribution in [-0.2, 0) is 14.8 Å². The monoisotopic (exact) mass is 334 g/mol. The van der Waals surface area contributed by atoms with Crippen molar-refractivity contribution in [1.29, 1.82) is 0 Å². The van der Waals surface area contributed by atoms with E-state index >= 15 is 0 Å². The van der Waals surface area contributed by atoms with Gasteiger partial charge in [-0.1, -0.05) is 31.5 Å². The van der Waals surface area contributed by atoms with Crippen LogP contribution in [0.3, 0.4) is 0 Å². The molecule has 3 fully saturated rings. The van der Waals surface area contributed by atoms with E-state index in [2.05, 4.69) is 19.3 Å². The lowest BCUT2D eigenvalue weighted by Gasteiger charge is -2.34. The van der Waals surface area contributed by atoms with Crippen molar-refractivity contribution in [3.63, 3.8) is 0 Å². The number of fused-ring (bicyclic) bond motifs is 1. The quantitative estimate of drug-likeness (QED) is 0.901.